The summed E-state index contributed by atoms with van der Waals surface area (Å²) in [5.41, 5.74) is 0. The van der Waals surface area contributed by atoms with Crippen molar-refractivity contribution in [3.63, 3.8) is 0 Å². The van der Waals surface area contributed by atoms with Crippen LogP contribution >= 0.6 is 0 Å². The van der Waals surface area contributed by atoms with Crippen molar-refractivity contribution >= 4 is 12.5 Å². The standard InChI is InChI=1S/C7H13NO/c1-3-4-7(2)8-5-6-9/h5-7H,3-4H2,1-2H3. The Balaban J connectivity index is 3.35. The van der Waals surface area contributed by atoms with Crippen molar-refractivity contribution < 1.29 is 4.79 Å². The van der Waals surface area contributed by atoms with E-state index in [0.717, 1.165) is 12.8 Å². The number of aliphatic imine (C=N–C) groups is 1. The van der Waals surface area contributed by atoms with Crippen LogP contribution in [-0.4, -0.2) is 18.5 Å². The summed E-state index contributed by atoms with van der Waals surface area (Å²) < 4.78 is 0. The number of hydrogen-bond donors (Lipinski definition) is 0. The van der Waals surface area contributed by atoms with Crippen molar-refractivity contribution in [2.45, 2.75) is 32.7 Å². The Morgan fingerprint density at radius 3 is 2.78 bits per heavy atom. The number of aldehydes is 1. The van der Waals surface area contributed by atoms with Gasteiger partial charge in [-0.3, -0.25) is 9.79 Å². The molecule has 0 saturated carbocycles. The van der Waals surface area contributed by atoms with Crippen LogP contribution in [0.4, 0.5) is 0 Å². The third-order valence-electron chi connectivity index (χ3n) is 1.11. The number of carbonyl (C=O) groups excluding carboxylic acids is 1. The lowest BCUT2D eigenvalue weighted by Gasteiger charge is -1.99. The van der Waals surface area contributed by atoms with Crippen molar-refractivity contribution in [2.75, 3.05) is 0 Å². The van der Waals surface area contributed by atoms with Crippen LogP contribution in [0, 0.1) is 0 Å². The Morgan fingerprint density at radius 2 is 2.33 bits per heavy atom. The summed E-state index contributed by atoms with van der Waals surface area (Å²) in [7, 11) is 0. The van der Waals surface area contributed by atoms with Gasteiger partial charge in [-0.1, -0.05) is 13.3 Å². The second kappa shape index (κ2) is 5.48. The highest BCUT2D eigenvalue weighted by atomic mass is 16.1. The molecule has 1 atom stereocenters. The Bertz CT molecular complexity index is 99.1. The maximum absolute atomic E-state index is 9.76. The predicted octanol–water partition coefficient (Wildman–Crippen LogP) is 1.44. The summed E-state index contributed by atoms with van der Waals surface area (Å²) >= 11 is 0. The van der Waals surface area contributed by atoms with Crippen LogP contribution in [0.2, 0.25) is 0 Å². The van der Waals surface area contributed by atoms with Crippen molar-refractivity contribution in [2.24, 2.45) is 4.99 Å². The zero-order chi connectivity index (χ0) is 7.11. The fourth-order valence-corrected chi connectivity index (χ4v) is 0.674. The maximum Gasteiger partial charge on any atom is 0.160 e. The molecule has 0 aliphatic carbocycles. The third-order valence-corrected chi connectivity index (χ3v) is 1.11. The molecule has 0 aromatic heterocycles. The highest BCUT2D eigenvalue weighted by Crippen LogP contribution is 1.97. The van der Waals surface area contributed by atoms with Crippen molar-refractivity contribution in [1.29, 1.82) is 0 Å². The molecule has 0 bridgehead atoms. The summed E-state index contributed by atoms with van der Waals surface area (Å²) in [6.45, 7) is 4.11. The maximum atomic E-state index is 9.76. The van der Waals surface area contributed by atoms with Gasteiger partial charge in [0.2, 0.25) is 0 Å². The Labute approximate surface area is 56.0 Å². The third kappa shape index (κ3) is 5.21. The Morgan fingerprint density at radius 1 is 1.67 bits per heavy atom. The molecule has 0 aliphatic heterocycles. The lowest BCUT2D eigenvalue weighted by atomic mass is 10.2. The van der Waals surface area contributed by atoms with Gasteiger partial charge in [-0.25, -0.2) is 0 Å². The summed E-state index contributed by atoms with van der Waals surface area (Å²) in [6.07, 6.45) is 4.22. The summed E-state index contributed by atoms with van der Waals surface area (Å²) in [5, 5.41) is 0. The molecule has 2 heteroatoms. The van der Waals surface area contributed by atoms with Gasteiger partial charge in [0, 0.05) is 6.04 Å². The van der Waals surface area contributed by atoms with E-state index < -0.39 is 0 Å². The first-order valence-electron chi connectivity index (χ1n) is 3.28. The van der Waals surface area contributed by atoms with E-state index in [1.54, 1.807) is 0 Å². The van der Waals surface area contributed by atoms with Crippen LogP contribution in [0.3, 0.4) is 0 Å². The van der Waals surface area contributed by atoms with E-state index in [9.17, 15) is 4.79 Å². The average Bonchev–Trinajstić information content (AvgIpc) is 1.85. The minimum absolute atomic E-state index is 0.306. The minimum atomic E-state index is 0.306. The van der Waals surface area contributed by atoms with Crippen LogP contribution in [0.1, 0.15) is 26.7 Å². The van der Waals surface area contributed by atoms with E-state index in [2.05, 4.69) is 11.9 Å². The van der Waals surface area contributed by atoms with Crippen molar-refractivity contribution in [1.82, 2.24) is 0 Å². The van der Waals surface area contributed by atoms with Crippen molar-refractivity contribution in [3.05, 3.63) is 0 Å². The first-order valence-corrected chi connectivity index (χ1v) is 3.28. The topological polar surface area (TPSA) is 29.4 Å². The molecule has 0 aromatic rings. The Kier molecular flexibility index (Phi) is 5.07. The second-order valence-electron chi connectivity index (χ2n) is 2.07. The van der Waals surface area contributed by atoms with Gasteiger partial charge in [-0.15, -0.1) is 0 Å². The quantitative estimate of drug-likeness (QED) is 0.415. The van der Waals surface area contributed by atoms with Gasteiger partial charge in [0.05, 0.1) is 6.21 Å². The molecule has 0 heterocycles. The van der Waals surface area contributed by atoms with E-state index >= 15 is 0 Å². The molecule has 9 heavy (non-hydrogen) atoms. The lowest BCUT2D eigenvalue weighted by molar-refractivity contribution is -0.102. The highest BCUT2D eigenvalue weighted by molar-refractivity contribution is 6.12. The van der Waals surface area contributed by atoms with Gasteiger partial charge in [0.15, 0.2) is 6.29 Å². The molecule has 0 fully saturated rings. The molecular formula is C7H13NO. The predicted molar refractivity (Wildman–Crippen MR) is 38.9 cm³/mol. The van der Waals surface area contributed by atoms with E-state index in [1.165, 1.54) is 6.21 Å². The first-order chi connectivity index (χ1) is 4.31. The van der Waals surface area contributed by atoms with Gasteiger partial charge in [0.25, 0.3) is 0 Å². The van der Waals surface area contributed by atoms with Crippen LogP contribution in [-0.2, 0) is 4.79 Å². The average molecular weight is 127 g/mol. The summed E-state index contributed by atoms with van der Waals surface area (Å²) in [6, 6.07) is 0.306. The second-order valence-corrected chi connectivity index (χ2v) is 2.07. The van der Waals surface area contributed by atoms with Gasteiger partial charge in [-0.05, 0) is 13.3 Å². The molecule has 2 nitrogen and oxygen atoms in total. The van der Waals surface area contributed by atoms with E-state index in [4.69, 9.17) is 0 Å². The largest absolute Gasteiger partial charge is 0.297 e. The monoisotopic (exact) mass is 127 g/mol. The van der Waals surface area contributed by atoms with Crippen LogP contribution < -0.4 is 0 Å². The fourth-order valence-electron chi connectivity index (χ4n) is 0.674. The Hall–Kier alpha value is -0.660. The van der Waals surface area contributed by atoms with Gasteiger partial charge in [-0.2, -0.15) is 0 Å². The van der Waals surface area contributed by atoms with Crippen molar-refractivity contribution in [3.8, 4) is 0 Å². The minimum Gasteiger partial charge on any atom is -0.297 e. The van der Waals surface area contributed by atoms with E-state index in [1.807, 2.05) is 6.92 Å². The molecule has 52 valence electrons. The van der Waals surface area contributed by atoms with Crippen LogP contribution in [0.5, 0.6) is 0 Å². The summed E-state index contributed by atoms with van der Waals surface area (Å²) in [4.78, 5) is 13.7. The fraction of sp³-hybridized carbons (Fsp3) is 0.714. The van der Waals surface area contributed by atoms with Crippen LogP contribution in [0.15, 0.2) is 4.99 Å². The number of carbonyl (C=O) groups is 1. The molecule has 1 unspecified atom stereocenters. The van der Waals surface area contributed by atoms with Gasteiger partial charge >= 0.3 is 0 Å². The van der Waals surface area contributed by atoms with Gasteiger partial charge < -0.3 is 0 Å². The molecule has 0 rings (SSSR count). The SMILES string of the molecule is CCCC(C)N=CC=O. The van der Waals surface area contributed by atoms with Gasteiger partial charge in [0.1, 0.15) is 0 Å². The zero-order valence-corrected chi connectivity index (χ0v) is 6.00. The smallest absolute Gasteiger partial charge is 0.160 e. The lowest BCUT2D eigenvalue weighted by Crippen LogP contribution is -1.96. The van der Waals surface area contributed by atoms with E-state index in [-0.39, 0.29) is 0 Å². The molecule has 0 radical (unpaired) electrons. The number of nitrogens with zero attached hydrogens (tertiary/aromatic N) is 1. The normalized spacial score (nSPS) is 14.0. The number of hydrogen-bond acceptors (Lipinski definition) is 2. The summed E-state index contributed by atoms with van der Waals surface area (Å²) in [5.74, 6) is 0. The zero-order valence-electron chi connectivity index (χ0n) is 6.00. The van der Waals surface area contributed by atoms with E-state index in [0.29, 0.717) is 12.3 Å². The molecule has 0 amide bonds. The molecule has 0 N–H and O–H groups in total. The molecule has 0 aliphatic rings. The van der Waals surface area contributed by atoms with Crippen LogP contribution in [0.25, 0.3) is 0 Å². The molecule has 0 spiro atoms. The molecule has 0 aromatic carbocycles. The first kappa shape index (κ1) is 8.34. The number of rotatable bonds is 4. The molecule has 0 saturated heterocycles. The highest BCUT2D eigenvalue weighted by Gasteiger charge is 1.92. The molecular weight excluding hydrogens is 114 g/mol.